The van der Waals surface area contributed by atoms with E-state index >= 15 is 0 Å². The molecule has 11 nitrogen and oxygen atoms in total. The van der Waals surface area contributed by atoms with Crippen molar-refractivity contribution in [3.05, 3.63) is 70.3 Å². The number of carbonyl (C=O) groups excluding carboxylic acids is 3. The summed E-state index contributed by atoms with van der Waals surface area (Å²) >= 11 is 6.45. The number of fused-ring (bicyclic) bond motifs is 4. The minimum absolute atomic E-state index is 0.0158. The van der Waals surface area contributed by atoms with E-state index in [1.165, 1.54) is 23.1 Å². The molecule has 52 heavy (non-hydrogen) atoms. The molecule has 3 amide bonds. The second kappa shape index (κ2) is 15.0. The first kappa shape index (κ1) is 36.7. The fourth-order valence-corrected chi connectivity index (χ4v) is 11.0. The summed E-state index contributed by atoms with van der Waals surface area (Å²) in [6.07, 6.45) is 9.63. The number of ether oxygens (including phenoxy) is 3. The summed E-state index contributed by atoms with van der Waals surface area (Å²) in [7, 11) is -0.505. The molecule has 1 saturated heterocycles. The lowest BCUT2D eigenvalue weighted by Gasteiger charge is -2.46. The lowest BCUT2D eigenvalue weighted by atomic mass is 9.68. The molecule has 1 saturated carbocycles. The average Bonchev–Trinajstić information content (AvgIpc) is 3.56. The van der Waals surface area contributed by atoms with Gasteiger partial charge in [-0.2, -0.15) is 0 Å². The second-order valence-corrected chi connectivity index (χ2v) is 17.8. The first-order valence-electron chi connectivity index (χ1n) is 18.4. The molecule has 2 bridgehead atoms. The zero-order valence-electron chi connectivity index (χ0n) is 30.2. The highest BCUT2D eigenvalue weighted by atomic mass is 35.5. The summed E-state index contributed by atoms with van der Waals surface area (Å²) < 4.78 is 39.0. The molecular formula is C39H49ClN4O7S. The largest absolute Gasteiger partial charge is 0.490 e. The molecule has 7 atom stereocenters. The maximum absolute atomic E-state index is 14.6. The van der Waals surface area contributed by atoms with Crippen molar-refractivity contribution < 1.29 is 32.8 Å². The van der Waals surface area contributed by atoms with Crippen LogP contribution >= 0.6 is 11.6 Å². The summed E-state index contributed by atoms with van der Waals surface area (Å²) in [4.78, 5) is 43.4. The van der Waals surface area contributed by atoms with Crippen molar-refractivity contribution in [3.63, 3.8) is 0 Å². The fraction of sp³-hybridized carbons (Fsp3) is 0.564. The number of amides is 3. The van der Waals surface area contributed by atoms with Gasteiger partial charge in [-0.05, 0) is 104 Å². The van der Waals surface area contributed by atoms with Crippen molar-refractivity contribution in [1.82, 2.24) is 9.62 Å². The van der Waals surface area contributed by atoms with E-state index in [0.717, 1.165) is 49.4 Å². The number of rotatable bonds is 3. The Morgan fingerprint density at radius 3 is 2.73 bits per heavy atom. The van der Waals surface area contributed by atoms with Crippen LogP contribution in [-0.4, -0.2) is 85.9 Å². The number of methoxy groups -OCH3 is 2. The van der Waals surface area contributed by atoms with Crippen LogP contribution < -0.4 is 14.4 Å². The van der Waals surface area contributed by atoms with Gasteiger partial charge in [-0.15, -0.1) is 4.36 Å². The van der Waals surface area contributed by atoms with Crippen LogP contribution in [0.5, 0.6) is 5.75 Å². The molecule has 13 heteroatoms. The molecule has 2 aromatic carbocycles. The van der Waals surface area contributed by atoms with Gasteiger partial charge in [0.05, 0.1) is 37.2 Å². The van der Waals surface area contributed by atoms with Crippen LogP contribution in [0.1, 0.15) is 66.9 Å². The van der Waals surface area contributed by atoms with Crippen LogP contribution in [-0.2, 0) is 36.0 Å². The molecule has 3 heterocycles. The van der Waals surface area contributed by atoms with Crippen molar-refractivity contribution in [2.45, 2.75) is 63.4 Å². The highest BCUT2D eigenvalue weighted by Crippen LogP contribution is 2.47. The first-order valence-corrected chi connectivity index (χ1v) is 20.5. The minimum atomic E-state index is -3.55. The molecule has 2 fully saturated rings. The monoisotopic (exact) mass is 752 g/mol. The number of likely N-dealkylation sites (tertiary alicyclic amines) is 1. The number of halogens is 1. The lowest BCUT2D eigenvalue weighted by molar-refractivity contribution is -0.122. The minimum Gasteiger partial charge on any atom is -0.490 e. The number of carbonyl (C=O) groups is 3. The fourth-order valence-electron chi connectivity index (χ4n) is 8.88. The highest BCUT2D eigenvalue weighted by Gasteiger charge is 2.44. The molecule has 280 valence electrons. The molecule has 3 aliphatic heterocycles. The Kier molecular flexibility index (Phi) is 10.6. The van der Waals surface area contributed by atoms with Crippen LogP contribution in [0.3, 0.4) is 0 Å². The standard InChI is InChI=1S/C39H49ClN4O7S/c1-25-6-4-8-34(49-2)31-12-9-28(31)20-44-23-39(16-5-7-26-18-30(40)11-13-32(26)39)24-51-35-14-10-27(19-33(35)44)36(45)41-52(48,22-25)42-37(46)29-15-17-43(21-29)38(47)50-3/h4,8,10-11,13-14,18-19,25,28-29,31,34H,5-7,9,12,15-17,20-24H2,1-3H3,(H,41,42,45,46,48)/b8-4+/t25-,28-,29-,31+,34-,39-,52-/m0/s1. The van der Waals surface area contributed by atoms with Crippen LogP contribution in [0.2, 0.25) is 5.02 Å². The third kappa shape index (κ3) is 7.43. The molecule has 1 N–H and O–H groups in total. The van der Waals surface area contributed by atoms with Gasteiger partial charge in [0.25, 0.3) is 5.91 Å². The zero-order chi connectivity index (χ0) is 36.6. The Bertz CT molecular complexity index is 1880. The topological polar surface area (TPSA) is 127 Å². The summed E-state index contributed by atoms with van der Waals surface area (Å²) in [6, 6.07) is 11.5. The van der Waals surface area contributed by atoms with E-state index in [2.05, 4.69) is 38.3 Å². The van der Waals surface area contributed by atoms with E-state index in [9.17, 15) is 18.6 Å². The van der Waals surface area contributed by atoms with E-state index < -0.39 is 33.7 Å². The maximum Gasteiger partial charge on any atom is 0.409 e. The number of anilines is 1. The number of benzene rings is 2. The number of nitrogens with one attached hydrogen (secondary N) is 1. The molecule has 7 rings (SSSR count). The van der Waals surface area contributed by atoms with E-state index in [1.807, 2.05) is 25.1 Å². The maximum atomic E-state index is 14.6. The van der Waals surface area contributed by atoms with Gasteiger partial charge >= 0.3 is 6.09 Å². The lowest BCUT2D eigenvalue weighted by Crippen LogP contribution is -2.49. The van der Waals surface area contributed by atoms with Gasteiger partial charge in [0.2, 0.25) is 5.91 Å². The van der Waals surface area contributed by atoms with Crippen LogP contribution in [0, 0.1) is 23.7 Å². The van der Waals surface area contributed by atoms with Crippen LogP contribution in [0.4, 0.5) is 10.5 Å². The van der Waals surface area contributed by atoms with Crippen molar-refractivity contribution in [2.24, 2.45) is 28.0 Å². The molecular weight excluding hydrogens is 704 g/mol. The van der Waals surface area contributed by atoms with Gasteiger partial charge in [0.1, 0.15) is 15.7 Å². The van der Waals surface area contributed by atoms with Gasteiger partial charge in [0, 0.05) is 49.3 Å². The predicted molar refractivity (Wildman–Crippen MR) is 200 cm³/mol. The summed E-state index contributed by atoms with van der Waals surface area (Å²) in [6.45, 7) is 4.38. The summed E-state index contributed by atoms with van der Waals surface area (Å²) in [5.74, 6) is -0.554. The van der Waals surface area contributed by atoms with Crippen molar-refractivity contribution in [1.29, 1.82) is 0 Å². The third-order valence-electron chi connectivity index (χ3n) is 11.8. The molecule has 0 unspecified atom stereocenters. The Labute approximate surface area is 311 Å². The Morgan fingerprint density at radius 2 is 1.96 bits per heavy atom. The SMILES string of the molecule is COC(=O)N1CC[C@H](C(=O)N[S@@]2(=O)=NC(=O)c3ccc4c(c3)N(C[C@@H]3CC[C@H]3[C@@H](OC)/C=C/C[C@H](C)C2)C[C@@]2(CCCc3cc(Cl)ccc32)CO4)C1. The number of allylic oxidation sites excluding steroid dienone is 1. The highest BCUT2D eigenvalue weighted by molar-refractivity contribution is 7.92. The third-order valence-corrected chi connectivity index (χ3v) is 14.0. The second-order valence-electron chi connectivity index (χ2n) is 15.3. The van der Waals surface area contributed by atoms with Gasteiger partial charge in [-0.1, -0.05) is 36.7 Å². The molecule has 2 aliphatic carbocycles. The van der Waals surface area contributed by atoms with Crippen molar-refractivity contribution in [2.75, 3.05) is 57.7 Å². The number of aryl methyl sites for hydroxylation is 1. The zero-order valence-corrected chi connectivity index (χ0v) is 31.8. The Hall–Kier alpha value is -3.61. The molecule has 1 spiro atoms. The first-order chi connectivity index (χ1) is 25.0. The Balaban J connectivity index is 1.26. The quantitative estimate of drug-likeness (QED) is 0.369. The van der Waals surface area contributed by atoms with E-state index in [-0.39, 0.29) is 35.3 Å². The van der Waals surface area contributed by atoms with Gasteiger partial charge in [0.15, 0.2) is 0 Å². The van der Waals surface area contributed by atoms with Crippen LogP contribution in [0.15, 0.2) is 52.9 Å². The van der Waals surface area contributed by atoms with Gasteiger partial charge < -0.3 is 24.0 Å². The van der Waals surface area contributed by atoms with Crippen molar-refractivity contribution in [3.8, 4) is 5.75 Å². The van der Waals surface area contributed by atoms with Crippen LogP contribution in [0.25, 0.3) is 0 Å². The smallest absolute Gasteiger partial charge is 0.409 e. The number of nitrogens with zero attached hydrogens (tertiary/aromatic N) is 3. The average molecular weight is 753 g/mol. The normalized spacial score (nSPS) is 32.3. The van der Waals surface area contributed by atoms with Gasteiger partial charge in [-0.25, -0.2) is 9.00 Å². The summed E-state index contributed by atoms with van der Waals surface area (Å²) in [5, 5.41) is 0.732. The van der Waals surface area contributed by atoms with E-state index in [0.29, 0.717) is 50.1 Å². The Morgan fingerprint density at radius 1 is 1.12 bits per heavy atom. The van der Waals surface area contributed by atoms with Crippen molar-refractivity contribution >= 4 is 45.1 Å². The number of hydrogen-bond donors (Lipinski definition) is 1. The molecule has 0 aromatic heterocycles. The molecule has 2 aromatic rings. The van der Waals surface area contributed by atoms with E-state index in [4.69, 9.17) is 25.8 Å². The number of hydrogen-bond acceptors (Lipinski definition) is 8. The predicted octanol–water partition coefficient (Wildman–Crippen LogP) is 6.18. The molecule has 5 aliphatic rings. The van der Waals surface area contributed by atoms with Gasteiger partial charge in [-0.3, -0.25) is 14.3 Å². The molecule has 0 radical (unpaired) electrons. The summed E-state index contributed by atoms with van der Waals surface area (Å²) in [5.41, 5.74) is 3.33. The van der Waals surface area contributed by atoms with E-state index in [1.54, 1.807) is 13.2 Å².